The summed E-state index contributed by atoms with van der Waals surface area (Å²) in [6, 6.07) is 15.5. The van der Waals surface area contributed by atoms with Crippen LogP contribution in [0.2, 0.25) is 0 Å². The lowest BCUT2D eigenvalue weighted by atomic mass is 9.97. The highest BCUT2D eigenvalue weighted by Crippen LogP contribution is 2.39. The Morgan fingerprint density at radius 3 is 2.39 bits per heavy atom. The molecule has 3 aromatic rings. The highest BCUT2D eigenvalue weighted by molar-refractivity contribution is 5.81. The van der Waals surface area contributed by atoms with Gasteiger partial charge in [-0.2, -0.15) is 0 Å². The van der Waals surface area contributed by atoms with Crippen LogP contribution in [0.3, 0.4) is 0 Å². The van der Waals surface area contributed by atoms with Gasteiger partial charge in [0.05, 0.1) is 0 Å². The maximum Gasteiger partial charge on any atom is 0.144 e. The molecule has 2 nitrogen and oxygen atoms in total. The summed E-state index contributed by atoms with van der Waals surface area (Å²) in [4.78, 5) is 4.71. The number of allylic oxidation sites excluding steroid dienone is 4. The van der Waals surface area contributed by atoms with Gasteiger partial charge in [0.15, 0.2) is 0 Å². The lowest BCUT2D eigenvalue weighted by Crippen LogP contribution is -2.06. The summed E-state index contributed by atoms with van der Waals surface area (Å²) < 4.78 is 2.27. The largest absolute Gasteiger partial charge is 0.300 e. The lowest BCUT2D eigenvalue weighted by molar-refractivity contribution is 0.915. The summed E-state index contributed by atoms with van der Waals surface area (Å²) >= 11 is 0. The smallest absolute Gasteiger partial charge is 0.144 e. The molecule has 2 aromatic carbocycles. The Balaban J connectivity index is 0.000000504. The summed E-state index contributed by atoms with van der Waals surface area (Å²) in [6.45, 7) is 12.7. The second kappa shape index (κ2) is 10.4. The molecule has 2 heteroatoms. The first kappa shape index (κ1) is 22.8. The summed E-state index contributed by atoms with van der Waals surface area (Å²) in [5, 5.41) is 0. The van der Waals surface area contributed by atoms with Gasteiger partial charge in [-0.3, -0.25) is 4.57 Å². The van der Waals surface area contributed by atoms with E-state index in [2.05, 4.69) is 87.0 Å². The molecule has 2 aliphatic carbocycles. The molecule has 1 heterocycles. The summed E-state index contributed by atoms with van der Waals surface area (Å²) in [5.41, 5.74) is 10.8. The monoisotopic (exact) mass is 412 g/mol. The first-order chi connectivity index (χ1) is 15.1. The van der Waals surface area contributed by atoms with Crippen LogP contribution < -0.4 is 0 Å². The van der Waals surface area contributed by atoms with Crippen molar-refractivity contribution in [2.75, 3.05) is 0 Å². The third-order valence-electron chi connectivity index (χ3n) is 5.69. The zero-order chi connectivity index (χ0) is 22.4. The first-order valence-corrected chi connectivity index (χ1v) is 11.8. The Morgan fingerprint density at radius 1 is 0.935 bits per heavy atom. The normalized spacial score (nSPS) is 13.9. The third-order valence-corrected chi connectivity index (χ3v) is 5.69. The van der Waals surface area contributed by atoms with Crippen molar-refractivity contribution in [3.05, 3.63) is 83.2 Å². The fraction of sp³-hybridized carbons (Fsp3) is 0.345. The van der Waals surface area contributed by atoms with E-state index in [0.29, 0.717) is 0 Å². The topological polar surface area (TPSA) is 17.8 Å². The van der Waals surface area contributed by atoms with Crippen LogP contribution in [0.5, 0.6) is 0 Å². The van der Waals surface area contributed by atoms with E-state index in [1.54, 1.807) is 0 Å². The van der Waals surface area contributed by atoms with Gasteiger partial charge in [0.1, 0.15) is 5.82 Å². The van der Waals surface area contributed by atoms with Crippen molar-refractivity contribution in [3.8, 4) is 22.5 Å². The van der Waals surface area contributed by atoms with Crippen LogP contribution in [0, 0.1) is 0 Å². The van der Waals surface area contributed by atoms with Gasteiger partial charge >= 0.3 is 0 Å². The third kappa shape index (κ3) is 4.58. The van der Waals surface area contributed by atoms with E-state index in [0.717, 1.165) is 25.1 Å². The predicted molar refractivity (Wildman–Crippen MR) is 135 cm³/mol. The SMILES string of the molecule is CC.CC1=CCCC(C)=C1n1ccnc1-c1ccc2c(c1)-c1ccccc1C2.CCC. The van der Waals surface area contributed by atoms with Crippen LogP contribution in [0.4, 0.5) is 0 Å². The van der Waals surface area contributed by atoms with Crippen LogP contribution in [0.15, 0.2) is 72.1 Å². The van der Waals surface area contributed by atoms with Crippen molar-refractivity contribution in [2.24, 2.45) is 0 Å². The maximum absolute atomic E-state index is 4.71. The average molecular weight is 413 g/mol. The standard InChI is InChI=1S/C24H22N2.C3H8.C2H6/c1-16-6-5-7-17(2)23(16)26-13-12-25-24(26)20-11-10-19-14-18-8-3-4-9-21(18)22(19)15-20;1-3-2;1-2/h3-4,6,8-13,15H,5,7,14H2,1-2H3;3H2,1-2H3;1-2H3. The first-order valence-electron chi connectivity index (χ1n) is 11.8. The van der Waals surface area contributed by atoms with Crippen LogP contribution in [0.1, 0.15) is 71.9 Å². The number of aromatic nitrogens is 2. The number of rotatable bonds is 2. The van der Waals surface area contributed by atoms with Crippen molar-refractivity contribution < 1.29 is 0 Å². The number of imidazole rings is 1. The van der Waals surface area contributed by atoms with Crippen LogP contribution in [0.25, 0.3) is 28.2 Å². The minimum Gasteiger partial charge on any atom is -0.300 e. The Kier molecular flexibility index (Phi) is 7.68. The molecule has 1 aromatic heterocycles. The maximum atomic E-state index is 4.71. The van der Waals surface area contributed by atoms with E-state index in [1.807, 2.05) is 20.0 Å². The van der Waals surface area contributed by atoms with Gasteiger partial charge < -0.3 is 0 Å². The van der Waals surface area contributed by atoms with E-state index in [4.69, 9.17) is 4.98 Å². The second-order valence-electron chi connectivity index (χ2n) is 8.09. The molecule has 0 saturated carbocycles. The number of fused-ring (bicyclic) bond motifs is 3. The van der Waals surface area contributed by atoms with E-state index in [-0.39, 0.29) is 0 Å². The molecular weight excluding hydrogens is 376 g/mol. The van der Waals surface area contributed by atoms with Crippen molar-refractivity contribution >= 4 is 5.70 Å². The minimum atomic E-state index is 1.03. The molecule has 0 amide bonds. The molecule has 0 aliphatic heterocycles. The molecule has 162 valence electrons. The van der Waals surface area contributed by atoms with Crippen molar-refractivity contribution in [3.63, 3.8) is 0 Å². The highest BCUT2D eigenvalue weighted by Gasteiger charge is 2.21. The number of hydrogen-bond donors (Lipinski definition) is 0. The van der Waals surface area contributed by atoms with Gasteiger partial charge in [-0.25, -0.2) is 4.98 Å². The van der Waals surface area contributed by atoms with Crippen LogP contribution in [-0.2, 0) is 6.42 Å². The van der Waals surface area contributed by atoms with Gasteiger partial charge in [-0.05, 0) is 72.6 Å². The fourth-order valence-corrected chi connectivity index (χ4v) is 4.41. The van der Waals surface area contributed by atoms with Gasteiger partial charge in [0, 0.05) is 23.7 Å². The minimum absolute atomic E-state index is 1.03. The van der Waals surface area contributed by atoms with E-state index < -0.39 is 0 Å². The number of benzene rings is 2. The quantitative estimate of drug-likeness (QED) is 0.322. The molecule has 0 radical (unpaired) electrons. The molecule has 2 aliphatic rings. The molecule has 0 spiro atoms. The van der Waals surface area contributed by atoms with Gasteiger partial charge in [-0.1, -0.05) is 76.6 Å². The number of nitrogens with zero attached hydrogens (tertiary/aromatic N) is 2. The second-order valence-corrected chi connectivity index (χ2v) is 8.09. The molecule has 0 bridgehead atoms. The van der Waals surface area contributed by atoms with Crippen LogP contribution in [-0.4, -0.2) is 9.55 Å². The molecule has 5 rings (SSSR count). The zero-order valence-electron chi connectivity index (χ0n) is 20.0. The Bertz CT molecular complexity index is 1100. The molecular formula is C29H36N2. The predicted octanol–water partition coefficient (Wildman–Crippen LogP) is 8.53. The number of hydrogen-bond acceptors (Lipinski definition) is 1. The summed E-state index contributed by atoms with van der Waals surface area (Å²) in [6.07, 6.45) is 10.9. The van der Waals surface area contributed by atoms with Gasteiger partial charge in [0.2, 0.25) is 0 Å². The molecule has 0 N–H and O–H groups in total. The van der Waals surface area contributed by atoms with Crippen molar-refractivity contribution in [2.45, 2.75) is 67.2 Å². The Hall–Kier alpha value is -2.87. The van der Waals surface area contributed by atoms with E-state index >= 15 is 0 Å². The van der Waals surface area contributed by atoms with E-state index in [9.17, 15) is 0 Å². The summed E-state index contributed by atoms with van der Waals surface area (Å²) in [5.74, 6) is 1.03. The lowest BCUT2D eigenvalue weighted by Gasteiger charge is -2.20. The molecule has 0 atom stereocenters. The zero-order valence-corrected chi connectivity index (χ0v) is 20.0. The molecule has 0 unspecified atom stereocenters. The van der Waals surface area contributed by atoms with E-state index in [1.165, 1.54) is 51.1 Å². The molecule has 0 fully saturated rings. The fourth-order valence-electron chi connectivity index (χ4n) is 4.41. The average Bonchev–Trinajstić information content (AvgIpc) is 3.40. The molecule has 31 heavy (non-hydrogen) atoms. The van der Waals surface area contributed by atoms with Crippen LogP contribution >= 0.6 is 0 Å². The Labute approximate surface area is 188 Å². The van der Waals surface area contributed by atoms with Crippen molar-refractivity contribution in [1.29, 1.82) is 0 Å². The Morgan fingerprint density at radius 2 is 1.65 bits per heavy atom. The highest BCUT2D eigenvalue weighted by atomic mass is 15.1. The summed E-state index contributed by atoms with van der Waals surface area (Å²) in [7, 11) is 0. The van der Waals surface area contributed by atoms with Gasteiger partial charge in [-0.15, -0.1) is 0 Å². The molecule has 0 saturated heterocycles. The van der Waals surface area contributed by atoms with Gasteiger partial charge in [0.25, 0.3) is 0 Å². The van der Waals surface area contributed by atoms with Crippen molar-refractivity contribution in [1.82, 2.24) is 9.55 Å².